The van der Waals surface area contributed by atoms with Crippen LogP contribution in [0, 0.1) is 0 Å². The van der Waals surface area contributed by atoms with E-state index in [1.54, 1.807) is 36.5 Å². The minimum absolute atomic E-state index is 0.176. The van der Waals surface area contributed by atoms with Crippen molar-refractivity contribution in [2.75, 3.05) is 12.4 Å². The van der Waals surface area contributed by atoms with Gasteiger partial charge in [-0.25, -0.2) is 0 Å². The quantitative estimate of drug-likeness (QED) is 0.606. The molecule has 0 bridgehead atoms. The summed E-state index contributed by atoms with van der Waals surface area (Å²) in [6.07, 6.45) is 5.16. The highest BCUT2D eigenvalue weighted by Gasteiger charge is 2.02. The molecular weight excluding hydrogens is 200 g/mol. The summed E-state index contributed by atoms with van der Waals surface area (Å²) < 4.78 is 0. The van der Waals surface area contributed by atoms with Crippen LogP contribution in [0.5, 0.6) is 0 Å². The zero-order valence-corrected chi connectivity index (χ0v) is 8.37. The Kier molecular flexibility index (Phi) is 4.72. The Morgan fingerprint density at radius 2 is 2.36 bits per heavy atom. The number of nitrogens with zero attached hydrogens (tertiary/aromatic N) is 1. The van der Waals surface area contributed by atoms with Crippen molar-refractivity contribution < 1.29 is 4.79 Å². The number of rotatable bonds is 4. The van der Waals surface area contributed by atoms with Crippen LogP contribution in [0.2, 0.25) is 0 Å². The summed E-state index contributed by atoms with van der Waals surface area (Å²) in [5.41, 5.74) is 0.423. The lowest BCUT2D eigenvalue weighted by Gasteiger charge is -1.99. The Morgan fingerprint density at radius 3 is 3.00 bits per heavy atom. The van der Waals surface area contributed by atoms with Crippen molar-refractivity contribution in [3.63, 3.8) is 0 Å². The van der Waals surface area contributed by atoms with Crippen molar-refractivity contribution in [3.8, 4) is 0 Å². The van der Waals surface area contributed by atoms with E-state index in [4.69, 9.17) is 11.6 Å². The zero-order valence-electron chi connectivity index (χ0n) is 7.61. The standard InChI is InChI=1S/C10H11ClN2O/c11-6-2-4-8-13-10(14)9-5-1-3-7-12-9/h1-5,7H,6,8H2,(H,13,14)/b4-2+. The number of nitrogens with one attached hydrogen (secondary N) is 1. The first-order valence-electron chi connectivity index (χ1n) is 4.25. The van der Waals surface area contributed by atoms with E-state index in [0.717, 1.165) is 0 Å². The SMILES string of the molecule is O=C(NC/C=C/CCl)c1ccccn1. The molecule has 14 heavy (non-hydrogen) atoms. The Balaban J connectivity index is 2.40. The molecule has 1 N–H and O–H groups in total. The van der Waals surface area contributed by atoms with Gasteiger partial charge in [-0.15, -0.1) is 11.6 Å². The van der Waals surface area contributed by atoms with Crippen molar-refractivity contribution >= 4 is 17.5 Å². The van der Waals surface area contributed by atoms with Gasteiger partial charge >= 0.3 is 0 Å². The highest BCUT2D eigenvalue weighted by Crippen LogP contribution is 1.92. The maximum atomic E-state index is 11.4. The van der Waals surface area contributed by atoms with Crippen LogP contribution >= 0.6 is 11.6 Å². The summed E-state index contributed by atoms with van der Waals surface area (Å²) >= 11 is 5.42. The van der Waals surface area contributed by atoms with Crippen LogP contribution in [0.15, 0.2) is 36.5 Å². The third kappa shape index (κ3) is 3.58. The predicted molar refractivity (Wildman–Crippen MR) is 56.4 cm³/mol. The fourth-order valence-corrected chi connectivity index (χ4v) is 1.01. The van der Waals surface area contributed by atoms with Gasteiger partial charge in [0.25, 0.3) is 5.91 Å². The van der Waals surface area contributed by atoms with Crippen LogP contribution in [-0.4, -0.2) is 23.3 Å². The molecule has 0 unspecified atom stereocenters. The first-order chi connectivity index (χ1) is 6.84. The number of hydrogen-bond donors (Lipinski definition) is 1. The minimum Gasteiger partial charge on any atom is -0.347 e. The van der Waals surface area contributed by atoms with Gasteiger partial charge in [0, 0.05) is 18.6 Å². The predicted octanol–water partition coefficient (Wildman–Crippen LogP) is 1.61. The van der Waals surface area contributed by atoms with Gasteiger partial charge in [-0.05, 0) is 12.1 Å². The Bertz CT molecular complexity index is 311. The second-order valence-corrected chi connectivity index (χ2v) is 2.86. The first-order valence-corrected chi connectivity index (χ1v) is 4.78. The summed E-state index contributed by atoms with van der Waals surface area (Å²) in [4.78, 5) is 15.3. The molecule has 0 aliphatic carbocycles. The van der Waals surface area contributed by atoms with E-state index in [-0.39, 0.29) is 5.91 Å². The average Bonchev–Trinajstić information content (AvgIpc) is 2.25. The van der Waals surface area contributed by atoms with Crippen LogP contribution in [0.3, 0.4) is 0 Å². The van der Waals surface area contributed by atoms with Crippen LogP contribution in [0.4, 0.5) is 0 Å². The fourth-order valence-electron chi connectivity index (χ4n) is 0.886. The van der Waals surface area contributed by atoms with Crippen molar-refractivity contribution in [3.05, 3.63) is 42.2 Å². The summed E-state index contributed by atoms with van der Waals surface area (Å²) in [6.45, 7) is 0.474. The van der Waals surface area contributed by atoms with Gasteiger partial charge in [0.1, 0.15) is 5.69 Å². The number of alkyl halides is 1. The molecule has 1 heterocycles. The van der Waals surface area contributed by atoms with Gasteiger partial charge in [-0.3, -0.25) is 9.78 Å². The largest absolute Gasteiger partial charge is 0.347 e. The highest BCUT2D eigenvalue weighted by molar-refractivity contribution is 6.18. The second-order valence-electron chi connectivity index (χ2n) is 2.55. The van der Waals surface area contributed by atoms with Crippen molar-refractivity contribution in [2.45, 2.75) is 0 Å². The van der Waals surface area contributed by atoms with Gasteiger partial charge in [0.15, 0.2) is 0 Å². The third-order valence-electron chi connectivity index (χ3n) is 1.53. The third-order valence-corrected chi connectivity index (χ3v) is 1.71. The van der Waals surface area contributed by atoms with Crippen LogP contribution < -0.4 is 5.32 Å². The maximum Gasteiger partial charge on any atom is 0.270 e. The molecule has 0 radical (unpaired) electrons. The number of hydrogen-bond acceptors (Lipinski definition) is 2. The van der Waals surface area contributed by atoms with Crippen LogP contribution in [-0.2, 0) is 0 Å². The summed E-state index contributed by atoms with van der Waals surface area (Å²) in [5.74, 6) is 0.282. The number of carbonyl (C=O) groups excluding carboxylic acids is 1. The fraction of sp³-hybridized carbons (Fsp3) is 0.200. The van der Waals surface area contributed by atoms with Gasteiger partial charge in [0.05, 0.1) is 0 Å². The molecule has 0 atom stereocenters. The Labute approximate surface area is 87.8 Å². The molecule has 1 amide bonds. The molecule has 0 aliphatic rings. The van der Waals surface area contributed by atoms with E-state index >= 15 is 0 Å². The Morgan fingerprint density at radius 1 is 1.50 bits per heavy atom. The van der Waals surface area contributed by atoms with Crippen molar-refractivity contribution in [2.24, 2.45) is 0 Å². The number of allylic oxidation sites excluding steroid dienone is 1. The summed E-state index contributed by atoms with van der Waals surface area (Å²) in [5, 5.41) is 2.69. The molecular formula is C10H11ClN2O. The molecule has 0 spiro atoms. The van der Waals surface area contributed by atoms with E-state index in [1.807, 2.05) is 0 Å². The molecule has 1 aromatic heterocycles. The highest BCUT2D eigenvalue weighted by atomic mass is 35.5. The molecule has 74 valence electrons. The van der Waals surface area contributed by atoms with Gasteiger partial charge < -0.3 is 5.32 Å². The van der Waals surface area contributed by atoms with E-state index in [2.05, 4.69) is 10.3 Å². The molecule has 0 fully saturated rings. The number of pyridine rings is 1. The monoisotopic (exact) mass is 210 g/mol. The molecule has 1 rings (SSSR count). The maximum absolute atomic E-state index is 11.4. The average molecular weight is 211 g/mol. The molecule has 0 aliphatic heterocycles. The number of amides is 1. The van der Waals surface area contributed by atoms with E-state index in [0.29, 0.717) is 18.1 Å². The molecule has 4 heteroatoms. The molecule has 0 aromatic carbocycles. The lowest BCUT2D eigenvalue weighted by molar-refractivity contribution is 0.0953. The number of aromatic nitrogens is 1. The lowest BCUT2D eigenvalue weighted by Crippen LogP contribution is -2.24. The lowest BCUT2D eigenvalue weighted by atomic mass is 10.3. The van der Waals surface area contributed by atoms with E-state index in [9.17, 15) is 4.79 Å². The van der Waals surface area contributed by atoms with Gasteiger partial charge in [-0.1, -0.05) is 18.2 Å². The van der Waals surface area contributed by atoms with E-state index in [1.165, 1.54) is 0 Å². The molecule has 1 aromatic rings. The summed E-state index contributed by atoms with van der Waals surface area (Å²) in [6, 6.07) is 5.21. The first kappa shape index (κ1) is 10.7. The molecule has 3 nitrogen and oxygen atoms in total. The molecule has 0 saturated carbocycles. The Hall–Kier alpha value is -1.35. The number of carbonyl (C=O) groups is 1. The topological polar surface area (TPSA) is 42.0 Å². The van der Waals surface area contributed by atoms with Crippen LogP contribution in [0.25, 0.3) is 0 Å². The minimum atomic E-state index is -0.176. The molecule has 0 saturated heterocycles. The summed E-state index contributed by atoms with van der Waals surface area (Å²) in [7, 11) is 0. The zero-order chi connectivity index (χ0) is 10.2. The van der Waals surface area contributed by atoms with Gasteiger partial charge in [0.2, 0.25) is 0 Å². The van der Waals surface area contributed by atoms with E-state index < -0.39 is 0 Å². The number of halogens is 1. The van der Waals surface area contributed by atoms with Crippen molar-refractivity contribution in [1.82, 2.24) is 10.3 Å². The van der Waals surface area contributed by atoms with Crippen LogP contribution in [0.1, 0.15) is 10.5 Å². The van der Waals surface area contributed by atoms with Gasteiger partial charge in [-0.2, -0.15) is 0 Å². The smallest absolute Gasteiger partial charge is 0.270 e. The second kappa shape index (κ2) is 6.16. The normalized spacial score (nSPS) is 10.4. The van der Waals surface area contributed by atoms with Crippen molar-refractivity contribution in [1.29, 1.82) is 0 Å².